The van der Waals surface area contributed by atoms with Crippen molar-refractivity contribution in [2.45, 2.75) is 0 Å². The van der Waals surface area contributed by atoms with E-state index in [-0.39, 0.29) is 71.6 Å². The van der Waals surface area contributed by atoms with Crippen LogP contribution in [-0.2, 0) is 36.9 Å². The van der Waals surface area contributed by atoms with Crippen LogP contribution in [0.3, 0.4) is 0 Å². The van der Waals surface area contributed by atoms with Crippen LogP contribution in [0.2, 0.25) is 0 Å². The molecule has 34 valence electrons. The van der Waals surface area contributed by atoms with E-state index in [1.54, 1.807) is 0 Å². The van der Waals surface area contributed by atoms with Gasteiger partial charge in [-0.15, -0.1) is 0 Å². The van der Waals surface area contributed by atoms with E-state index < -0.39 is 0 Å². The fourth-order valence-electron chi connectivity index (χ4n) is 0. The molecule has 0 bridgehead atoms. The summed E-state index contributed by atoms with van der Waals surface area (Å²) in [6.45, 7) is 0. The van der Waals surface area contributed by atoms with Gasteiger partial charge >= 0.3 is 34.7 Å². The third-order valence-corrected chi connectivity index (χ3v) is 0. The van der Waals surface area contributed by atoms with E-state index in [9.17, 15) is 0 Å². The van der Waals surface area contributed by atoms with Crippen molar-refractivity contribution < 1.29 is 36.9 Å². The van der Waals surface area contributed by atoms with Gasteiger partial charge in [0.15, 0.2) is 0 Å². The van der Waals surface area contributed by atoms with Crippen LogP contribution in [0.15, 0.2) is 0 Å². The fourth-order valence-corrected chi connectivity index (χ4v) is 0. The summed E-state index contributed by atoms with van der Waals surface area (Å²) in [6, 6.07) is 0. The van der Waals surface area contributed by atoms with Gasteiger partial charge in [0.05, 0.1) is 0 Å². The van der Waals surface area contributed by atoms with Gasteiger partial charge < -0.3 is 16.4 Å². The Labute approximate surface area is 71.3 Å². The summed E-state index contributed by atoms with van der Waals surface area (Å²) in [5.41, 5.74) is 0. The molecule has 0 aromatic rings. The van der Waals surface area contributed by atoms with E-state index in [1.165, 1.54) is 0 Å². The summed E-state index contributed by atoms with van der Waals surface area (Å²) in [6.07, 6.45) is 0. The van der Waals surface area contributed by atoms with E-state index >= 15 is 0 Å². The molecule has 3 nitrogen and oxygen atoms in total. The van der Waals surface area contributed by atoms with Gasteiger partial charge in [0.2, 0.25) is 0 Å². The first-order chi connectivity index (χ1) is 0. The largest absolute Gasteiger partial charge is 3.00 e. The van der Waals surface area contributed by atoms with Crippen LogP contribution in [0.25, 0.3) is 0 Å². The summed E-state index contributed by atoms with van der Waals surface area (Å²) in [4.78, 5) is 0. The van der Waals surface area contributed by atoms with Gasteiger partial charge in [0.25, 0.3) is 0 Å². The molecule has 0 atom stereocenters. The molecule has 0 aromatic heterocycles. The summed E-state index contributed by atoms with van der Waals surface area (Å²) < 4.78 is 0. The quantitative estimate of drug-likeness (QED) is 0.452. The van der Waals surface area contributed by atoms with Crippen LogP contribution >= 0.6 is 0 Å². The van der Waals surface area contributed by atoms with Crippen molar-refractivity contribution in [3.05, 3.63) is 0 Å². The van der Waals surface area contributed by atoms with Crippen molar-refractivity contribution in [2.24, 2.45) is 0 Å². The average molecular weight is 208 g/mol. The van der Waals surface area contributed by atoms with Crippen LogP contribution < -0.4 is 0 Å². The predicted molar refractivity (Wildman–Crippen MR) is 13.6 cm³/mol. The van der Waals surface area contributed by atoms with E-state index in [2.05, 4.69) is 0 Å². The molecule has 0 unspecified atom stereocenters. The first-order valence-corrected chi connectivity index (χ1v) is 0. The van der Waals surface area contributed by atoms with Crippen LogP contribution in [0.1, 0.15) is 0 Å². The first-order valence-electron chi connectivity index (χ1n) is 0. The minimum absolute atomic E-state index is 0. The van der Waals surface area contributed by atoms with Crippen molar-refractivity contribution in [1.29, 1.82) is 0 Å². The fraction of sp³-hybridized carbons (Fsp3) is 0. The molecule has 0 aliphatic rings. The molecular weight excluding hydrogens is 208 g/mol. The van der Waals surface area contributed by atoms with Gasteiger partial charge in [-0.2, -0.15) is 0 Å². The second kappa shape index (κ2) is 80.4. The molecule has 0 aliphatic carbocycles. The summed E-state index contributed by atoms with van der Waals surface area (Å²) in [7, 11) is 0. The number of rotatable bonds is 0. The zero-order valence-electron chi connectivity index (χ0n) is 2.70. The molecule has 0 aliphatic heterocycles. The van der Waals surface area contributed by atoms with Crippen molar-refractivity contribution >= 4 is 34.7 Å². The topological polar surface area (TPSA) is 85.5 Å². The van der Waals surface area contributed by atoms with Crippen LogP contribution in [0.4, 0.5) is 0 Å². The minimum atomic E-state index is 0. The summed E-state index contributed by atoms with van der Waals surface area (Å²) >= 11 is 0. The Kier molecular flexibility index (Phi) is 1720. The third kappa shape index (κ3) is 46.1. The van der Waals surface area contributed by atoms with Crippen molar-refractivity contribution in [2.75, 3.05) is 0 Å². The smallest absolute Gasteiger partial charge is 2.00 e. The second-order valence-corrected chi connectivity index (χ2v) is 0. The predicted octanol–water partition coefficient (Wildman–Crippen LogP) is -1.12. The maximum atomic E-state index is 0. The SMILES string of the molecule is [Al+3].[Al+3].[O-2].[O-2].[O-2].[Pd]. The van der Waals surface area contributed by atoms with Crippen molar-refractivity contribution in [1.82, 2.24) is 0 Å². The molecule has 6 heteroatoms. The molecular formula is Al2O3Pd. The Morgan fingerprint density at radius 2 is 0.500 bits per heavy atom. The molecule has 6 heavy (non-hydrogen) atoms. The maximum absolute atomic E-state index is 0. The van der Waals surface area contributed by atoms with Crippen LogP contribution in [0.5, 0.6) is 0 Å². The molecule has 0 rings (SSSR count). The van der Waals surface area contributed by atoms with E-state index in [0.29, 0.717) is 0 Å². The molecule has 0 radical (unpaired) electrons. The van der Waals surface area contributed by atoms with E-state index in [1.807, 2.05) is 0 Å². The molecule has 0 heterocycles. The van der Waals surface area contributed by atoms with E-state index in [4.69, 9.17) is 0 Å². The Bertz CT molecular complexity index is 8.75. The van der Waals surface area contributed by atoms with E-state index in [0.717, 1.165) is 0 Å². The van der Waals surface area contributed by atoms with Gasteiger partial charge in [-0.25, -0.2) is 0 Å². The molecule has 0 N–H and O–H groups in total. The number of hydrogen-bond donors (Lipinski definition) is 0. The van der Waals surface area contributed by atoms with Crippen molar-refractivity contribution in [3.8, 4) is 0 Å². The molecule has 0 spiro atoms. The number of hydrogen-bond acceptors (Lipinski definition) is 0. The monoisotopic (exact) mass is 208 g/mol. The minimum Gasteiger partial charge on any atom is -2.00 e. The summed E-state index contributed by atoms with van der Waals surface area (Å²) in [5.74, 6) is 0. The normalized spacial score (nSPS) is 0. The third-order valence-electron chi connectivity index (χ3n) is 0. The van der Waals surface area contributed by atoms with Gasteiger partial charge in [-0.1, -0.05) is 0 Å². The second-order valence-electron chi connectivity index (χ2n) is 0. The van der Waals surface area contributed by atoms with Crippen molar-refractivity contribution in [3.63, 3.8) is 0 Å². The summed E-state index contributed by atoms with van der Waals surface area (Å²) in [5, 5.41) is 0. The zero-order chi connectivity index (χ0) is 0. The Balaban J connectivity index is 0. The molecule has 0 saturated carbocycles. The molecule has 0 fully saturated rings. The maximum Gasteiger partial charge on any atom is 3.00 e. The Morgan fingerprint density at radius 3 is 0.500 bits per heavy atom. The van der Waals surface area contributed by atoms with Gasteiger partial charge in [-0.3, -0.25) is 0 Å². The van der Waals surface area contributed by atoms with Crippen LogP contribution in [0, 0.1) is 0 Å². The standard InChI is InChI=1S/2Al.3O.Pd/q2*+3;3*-2;. The molecule has 0 saturated heterocycles. The van der Waals surface area contributed by atoms with Gasteiger partial charge in [-0.05, 0) is 0 Å². The Morgan fingerprint density at radius 1 is 0.500 bits per heavy atom. The first kappa shape index (κ1) is 129. The van der Waals surface area contributed by atoms with Gasteiger partial charge in [0.1, 0.15) is 0 Å². The van der Waals surface area contributed by atoms with Gasteiger partial charge in [0, 0.05) is 20.4 Å². The molecule has 0 amide bonds. The Hall–Kier alpha value is 1.61. The average Bonchev–Trinajstić information content (AvgIpc) is 0. The molecule has 0 aromatic carbocycles. The van der Waals surface area contributed by atoms with Crippen LogP contribution in [-0.4, -0.2) is 34.7 Å². The zero-order valence-corrected chi connectivity index (χ0v) is 6.56.